The minimum absolute atomic E-state index is 0.274. The predicted molar refractivity (Wildman–Crippen MR) is 73.0 cm³/mol. The zero-order valence-electron chi connectivity index (χ0n) is 10.7. The SMILES string of the molecule is C[C@@H]1CCCN(C(=O)C2CCSCC2)[C@@H]1CN. The van der Waals surface area contributed by atoms with Gasteiger partial charge in [-0.05, 0) is 43.1 Å². The summed E-state index contributed by atoms with van der Waals surface area (Å²) in [7, 11) is 0. The van der Waals surface area contributed by atoms with E-state index in [1.165, 1.54) is 6.42 Å². The Labute approximate surface area is 108 Å². The van der Waals surface area contributed by atoms with Crippen LogP contribution in [0.2, 0.25) is 0 Å². The van der Waals surface area contributed by atoms with Gasteiger partial charge in [-0.25, -0.2) is 0 Å². The maximum Gasteiger partial charge on any atom is 0.226 e. The summed E-state index contributed by atoms with van der Waals surface area (Å²) in [6.45, 7) is 3.77. The molecule has 0 bridgehead atoms. The van der Waals surface area contributed by atoms with Crippen LogP contribution < -0.4 is 5.73 Å². The summed E-state index contributed by atoms with van der Waals surface area (Å²) in [6.07, 6.45) is 4.48. The monoisotopic (exact) mass is 256 g/mol. The van der Waals surface area contributed by atoms with Crippen LogP contribution in [-0.4, -0.2) is 41.4 Å². The second-order valence-electron chi connectivity index (χ2n) is 5.34. The van der Waals surface area contributed by atoms with E-state index in [1.54, 1.807) is 0 Å². The zero-order valence-corrected chi connectivity index (χ0v) is 11.5. The topological polar surface area (TPSA) is 46.3 Å². The number of hydrogen-bond donors (Lipinski definition) is 1. The highest BCUT2D eigenvalue weighted by Crippen LogP contribution is 2.29. The summed E-state index contributed by atoms with van der Waals surface area (Å²) in [5.74, 6) is 3.51. The van der Waals surface area contributed by atoms with E-state index in [2.05, 4.69) is 11.8 Å². The molecule has 2 fully saturated rings. The number of nitrogens with zero attached hydrogens (tertiary/aromatic N) is 1. The van der Waals surface area contributed by atoms with Crippen LogP contribution >= 0.6 is 11.8 Å². The van der Waals surface area contributed by atoms with Gasteiger partial charge in [-0.3, -0.25) is 4.79 Å². The molecule has 0 unspecified atom stereocenters. The molecule has 98 valence electrons. The van der Waals surface area contributed by atoms with Crippen molar-refractivity contribution in [3.63, 3.8) is 0 Å². The first-order chi connectivity index (χ1) is 8.24. The van der Waals surface area contributed by atoms with E-state index in [9.17, 15) is 4.79 Å². The highest BCUT2D eigenvalue weighted by molar-refractivity contribution is 7.99. The number of carbonyl (C=O) groups excluding carboxylic acids is 1. The molecule has 2 atom stereocenters. The van der Waals surface area contributed by atoms with Crippen molar-refractivity contribution in [1.29, 1.82) is 0 Å². The van der Waals surface area contributed by atoms with Crippen molar-refractivity contribution in [2.45, 2.75) is 38.6 Å². The average Bonchev–Trinajstić information content (AvgIpc) is 2.38. The first kappa shape index (κ1) is 13.2. The number of nitrogens with two attached hydrogens (primary N) is 1. The van der Waals surface area contributed by atoms with Crippen molar-refractivity contribution in [2.75, 3.05) is 24.6 Å². The molecule has 2 rings (SSSR count). The summed E-state index contributed by atoms with van der Waals surface area (Å²) < 4.78 is 0. The maximum absolute atomic E-state index is 12.5. The first-order valence-electron chi connectivity index (χ1n) is 6.82. The summed E-state index contributed by atoms with van der Waals surface area (Å²) in [6, 6.07) is 0.283. The van der Waals surface area contributed by atoms with Crippen molar-refractivity contribution >= 4 is 17.7 Å². The second kappa shape index (κ2) is 6.10. The van der Waals surface area contributed by atoms with Crippen molar-refractivity contribution in [3.8, 4) is 0 Å². The standard InChI is InChI=1S/C13H24N2OS/c1-10-3-2-6-15(12(10)9-14)13(16)11-4-7-17-8-5-11/h10-12H,2-9,14H2,1H3/t10-,12-/m1/s1. The Morgan fingerprint density at radius 1 is 1.35 bits per heavy atom. The van der Waals surface area contributed by atoms with E-state index in [1.807, 2.05) is 11.8 Å². The van der Waals surface area contributed by atoms with Crippen LogP contribution in [0.5, 0.6) is 0 Å². The van der Waals surface area contributed by atoms with E-state index < -0.39 is 0 Å². The number of carbonyl (C=O) groups is 1. The third kappa shape index (κ3) is 2.97. The van der Waals surface area contributed by atoms with E-state index in [0.717, 1.165) is 37.3 Å². The molecule has 0 aromatic heterocycles. The van der Waals surface area contributed by atoms with E-state index in [4.69, 9.17) is 5.73 Å². The molecular formula is C13H24N2OS. The molecule has 17 heavy (non-hydrogen) atoms. The van der Waals surface area contributed by atoms with Crippen LogP contribution in [0, 0.1) is 11.8 Å². The Morgan fingerprint density at radius 3 is 2.71 bits per heavy atom. The van der Waals surface area contributed by atoms with Gasteiger partial charge in [0.1, 0.15) is 0 Å². The summed E-state index contributed by atoms with van der Waals surface area (Å²) in [5, 5.41) is 0. The molecule has 2 saturated heterocycles. The van der Waals surface area contributed by atoms with Crippen LogP contribution in [0.1, 0.15) is 32.6 Å². The average molecular weight is 256 g/mol. The molecule has 2 aliphatic rings. The minimum atomic E-state index is 0.274. The van der Waals surface area contributed by atoms with Gasteiger partial charge >= 0.3 is 0 Å². The molecule has 0 spiro atoms. The van der Waals surface area contributed by atoms with Crippen LogP contribution in [-0.2, 0) is 4.79 Å². The van der Waals surface area contributed by atoms with Gasteiger partial charge in [0.15, 0.2) is 0 Å². The number of rotatable bonds is 2. The smallest absolute Gasteiger partial charge is 0.226 e. The van der Waals surface area contributed by atoms with Gasteiger partial charge in [-0.2, -0.15) is 11.8 Å². The molecule has 0 aromatic rings. The van der Waals surface area contributed by atoms with Gasteiger partial charge in [0.2, 0.25) is 5.91 Å². The van der Waals surface area contributed by atoms with E-state index in [-0.39, 0.29) is 12.0 Å². The van der Waals surface area contributed by atoms with Crippen molar-refractivity contribution in [1.82, 2.24) is 4.90 Å². The van der Waals surface area contributed by atoms with Crippen molar-refractivity contribution in [3.05, 3.63) is 0 Å². The predicted octanol–water partition coefficient (Wildman–Crippen LogP) is 1.72. The molecule has 0 saturated carbocycles. The fourth-order valence-electron chi connectivity index (χ4n) is 3.06. The largest absolute Gasteiger partial charge is 0.338 e. The third-order valence-corrected chi connectivity index (χ3v) is 5.26. The third-order valence-electron chi connectivity index (χ3n) is 4.21. The Kier molecular flexibility index (Phi) is 4.74. The quantitative estimate of drug-likeness (QED) is 0.818. The van der Waals surface area contributed by atoms with Crippen molar-refractivity contribution in [2.24, 2.45) is 17.6 Å². The Morgan fingerprint density at radius 2 is 2.06 bits per heavy atom. The Hall–Kier alpha value is -0.220. The lowest BCUT2D eigenvalue weighted by atomic mass is 9.89. The Balaban J connectivity index is 2.00. The lowest BCUT2D eigenvalue weighted by Gasteiger charge is -2.41. The molecule has 2 heterocycles. The van der Waals surface area contributed by atoms with Crippen LogP contribution in [0.3, 0.4) is 0 Å². The van der Waals surface area contributed by atoms with Gasteiger partial charge < -0.3 is 10.6 Å². The normalized spacial score (nSPS) is 31.5. The molecule has 0 radical (unpaired) electrons. The fourth-order valence-corrected chi connectivity index (χ4v) is 4.17. The van der Waals surface area contributed by atoms with Gasteiger partial charge in [0.25, 0.3) is 0 Å². The lowest BCUT2D eigenvalue weighted by molar-refractivity contribution is -0.140. The molecule has 0 aliphatic carbocycles. The number of likely N-dealkylation sites (tertiary alicyclic amines) is 1. The van der Waals surface area contributed by atoms with E-state index >= 15 is 0 Å². The van der Waals surface area contributed by atoms with Gasteiger partial charge in [0.05, 0.1) is 0 Å². The van der Waals surface area contributed by atoms with Crippen LogP contribution in [0.25, 0.3) is 0 Å². The molecule has 1 amide bonds. The second-order valence-corrected chi connectivity index (χ2v) is 6.57. The number of thioether (sulfide) groups is 1. The number of piperidine rings is 1. The lowest BCUT2D eigenvalue weighted by Crippen LogP contribution is -2.53. The molecule has 2 aliphatic heterocycles. The number of hydrogen-bond acceptors (Lipinski definition) is 3. The molecular weight excluding hydrogens is 232 g/mol. The van der Waals surface area contributed by atoms with Crippen LogP contribution in [0.4, 0.5) is 0 Å². The van der Waals surface area contributed by atoms with E-state index in [0.29, 0.717) is 18.4 Å². The van der Waals surface area contributed by atoms with Crippen molar-refractivity contribution < 1.29 is 4.79 Å². The maximum atomic E-state index is 12.5. The summed E-state index contributed by atoms with van der Waals surface area (Å²) >= 11 is 1.97. The zero-order chi connectivity index (χ0) is 12.3. The van der Waals surface area contributed by atoms with Crippen LogP contribution in [0.15, 0.2) is 0 Å². The molecule has 3 nitrogen and oxygen atoms in total. The van der Waals surface area contributed by atoms with Gasteiger partial charge in [-0.15, -0.1) is 0 Å². The highest BCUT2D eigenvalue weighted by Gasteiger charge is 2.34. The van der Waals surface area contributed by atoms with Gasteiger partial charge in [0, 0.05) is 25.0 Å². The first-order valence-corrected chi connectivity index (χ1v) is 7.97. The summed E-state index contributed by atoms with van der Waals surface area (Å²) in [4.78, 5) is 14.6. The Bertz CT molecular complexity index is 266. The summed E-state index contributed by atoms with van der Waals surface area (Å²) in [5.41, 5.74) is 5.85. The molecule has 2 N–H and O–H groups in total. The highest BCUT2D eigenvalue weighted by atomic mass is 32.2. The molecule has 0 aromatic carbocycles. The minimum Gasteiger partial charge on any atom is -0.338 e. The number of amides is 1. The fraction of sp³-hybridized carbons (Fsp3) is 0.923. The molecule has 4 heteroatoms. The van der Waals surface area contributed by atoms with Gasteiger partial charge in [-0.1, -0.05) is 6.92 Å².